The summed E-state index contributed by atoms with van der Waals surface area (Å²) in [5, 5.41) is 2.93. The Morgan fingerprint density at radius 1 is 1.03 bits per heavy atom. The molecule has 2 aromatic carbocycles. The Kier molecular flexibility index (Phi) is 6.66. The summed E-state index contributed by atoms with van der Waals surface area (Å²) in [6.45, 7) is 5.25. The molecule has 3 aromatic rings. The fourth-order valence-electron chi connectivity index (χ4n) is 3.48. The van der Waals surface area contributed by atoms with Crippen LogP contribution in [0.4, 0.5) is 4.39 Å². The number of rotatable bonds is 7. The molecule has 1 aliphatic rings. The minimum atomic E-state index is -3.52. The van der Waals surface area contributed by atoms with E-state index in [0.29, 0.717) is 45.1 Å². The summed E-state index contributed by atoms with van der Waals surface area (Å²) >= 11 is 1.56. The number of aromatic nitrogens is 1. The predicted molar refractivity (Wildman–Crippen MR) is 119 cm³/mol. The summed E-state index contributed by atoms with van der Waals surface area (Å²) in [4.78, 5) is 7.14. The number of halogens is 1. The van der Waals surface area contributed by atoms with Gasteiger partial charge in [-0.2, -0.15) is 4.31 Å². The number of nitrogens with zero attached hydrogens (tertiary/aromatic N) is 3. The topological polar surface area (TPSA) is 62.7 Å². The molecule has 1 saturated heterocycles. The van der Waals surface area contributed by atoms with E-state index in [-0.39, 0.29) is 10.7 Å². The largest absolute Gasteiger partial charge is 0.494 e. The molecule has 1 aliphatic heterocycles. The Labute approximate surface area is 186 Å². The van der Waals surface area contributed by atoms with Crippen LogP contribution in [0.2, 0.25) is 0 Å². The fraction of sp³-hybridized carbons (Fsp3) is 0.318. The Hall–Kier alpha value is -2.33. The van der Waals surface area contributed by atoms with Crippen LogP contribution < -0.4 is 4.74 Å². The number of thiazole rings is 1. The molecule has 0 radical (unpaired) electrons. The summed E-state index contributed by atoms with van der Waals surface area (Å²) in [5.41, 5.74) is 1.71. The van der Waals surface area contributed by atoms with Crippen molar-refractivity contribution in [2.24, 2.45) is 0 Å². The monoisotopic (exact) mass is 461 g/mol. The lowest BCUT2D eigenvalue weighted by molar-refractivity contribution is 0.181. The molecular weight excluding hydrogens is 437 g/mol. The highest BCUT2D eigenvalue weighted by Gasteiger charge is 2.28. The van der Waals surface area contributed by atoms with Gasteiger partial charge in [0.15, 0.2) is 0 Å². The summed E-state index contributed by atoms with van der Waals surface area (Å²) < 4.78 is 45.9. The van der Waals surface area contributed by atoms with E-state index in [0.717, 1.165) is 16.3 Å². The molecule has 164 valence electrons. The first-order valence-electron chi connectivity index (χ1n) is 10.1. The lowest BCUT2D eigenvalue weighted by Gasteiger charge is -2.33. The minimum absolute atomic E-state index is 0.266. The third-order valence-electron chi connectivity index (χ3n) is 5.15. The molecule has 2 heterocycles. The Balaban J connectivity index is 1.35. The molecular formula is C22H24FN3O3S2. The van der Waals surface area contributed by atoms with E-state index in [1.165, 1.54) is 16.4 Å². The van der Waals surface area contributed by atoms with E-state index in [1.807, 2.05) is 12.3 Å². The second-order valence-electron chi connectivity index (χ2n) is 7.22. The molecule has 4 rings (SSSR count). The minimum Gasteiger partial charge on any atom is -0.494 e. The van der Waals surface area contributed by atoms with Gasteiger partial charge in [0.1, 0.15) is 16.6 Å². The van der Waals surface area contributed by atoms with E-state index in [1.54, 1.807) is 47.7 Å². The average molecular weight is 462 g/mol. The third kappa shape index (κ3) is 5.12. The fourth-order valence-corrected chi connectivity index (χ4v) is 5.75. The molecule has 0 spiro atoms. The van der Waals surface area contributed by atoms with Crippen LogP contribution in [-0.2, 0) is 16.6 Å². The van der Waals surface area contributed by atoms with Gasteiger partial charge in [-0.1, -0.05) is 0 Å². The quantitative estimate of drug-likeness (QED) is 0.535. The molecule has 0 atom stereocenters. The lowest BCUT2D eigenvalue weighted by atomic mass is 10.2. The Bertz CT molecular complexity index is 1110. The van der Waals surface area contributed by atoms with Crippen molar-refractivity contribution in [3.05, 3.63) is 64.7 Å². The second kappa shape index (κ2) is 9.44. The van der Waals surface area contributed by atoms with Gasteiger partial charge >= 0.3 is 0 Å². The summed E-state index contributed by atoms with van der Waals surface area (Å²) in [5.74, 6) is 0.395. The van der Waals surface area contributed by atoms with Gasteiger partial charge < -0.3 is 4.74 Å². The van der Waals surface area contributed by atoms with Gasteiger partial charge in [0.25, 0.3) is 0 Å². The molecule has 0 aliphatic carbocycles. The van der Waals surface area contributed by atoms with Gasteiger partial charge in [0, 0.05) is 37.1 Å². The summed E-state index contributed by atoms with van der Waals surface area (Å²) in [6.07, 6.45) is 0. The van der Waals surface area contributed by atoms with Crippen molar-refractivity contribution in [2.75, 3.05) is 32.8 Å². The van der Waals surface area contributed by atoms with Crippen molar-refractivity contribution < 1.29 is 17.5 Å². The first-order chi connectivity index (χ1) is 15.0. The number of ether oxygens (including phenoxy) is 1. The van der Waals surface area contributed by atoms with Gasteiger partial charge in [-0.25, -0.2) is 17.8 Å². The molecule has 0 N–H and O–H groups in total. The maximum atomic E-state index is 13.1. The summed E-state index contributed by atoms with van der Waals surface area (Å²) in [6, 6.07) is 12.9. The number of benzene rings is 2. The van der Waals surface area contributed by atoms with Crippen LogP contribution in [0, 0.1) is 5.82 Å². The first kappa shape index (κ1) is 21.9. The SMILES string of the molecule is CCOc1ccc(S(=O)(=O)N2CCN(Cc3nc(-c4ccc(F)cc4)cs3)CC2)cc1. The lowest BCUT2D eigenvalue weighted by Crippen LogP contribution is -2.48. The van der Waals surface area contributed by atoms with E-state index in [2.05, 4.69) is 9.88 Å². The molecule has 0 amide bonds. The Morgan fingerprint density at radius 2 is 1.71 bits per heavy atom. The van der Waals surface area contributed by atoms with E-state index < -0.39 is 10.0 Å². The molecule has 0 saturated carbocycles. The van der Waals surface area contributed by atoms with Gasteiger partial charge in [-0.15, -0.1) is 11.3 Å². The number of piperazine rings is 1. The first-order valence-corrected chi connectivity index (χ1v) is 12.4. The zero-order valence-corrected chi connectivity index (χ0v) is 18.8. The van der Waals surface area contributed by atoms with Crippen molar-refractivity contribution in [1.29, 1.82) is 0 Å². The Morgan fingerprint density at radius 3 is 2.35 bits per heavy atom. The van der Waals surface area contributed by atoms with Crippen LogP contribution >= 0.6 is 11.3 Å². The average Bonchev–Trinajstić information content (AvgIpc) is 3.24. The van der Waals surface area contributed by atoms with Crippen LogP contribution in [-0.4, -0.2) is 55.4 Å². The highest BCUT2D eigenvalue weighted by molar-refractivity contribution is 7.89. The van der Waals surface area contributed by atoms with Crippen LogP contribution in [0.25, 0.3) is 11.3 Å². The molecule has 6 nitrogen and oxygen atoms in total. The van der Waals surface area contributed by atoms with E-state index in [4.69, 9.17) is 4.74 Å². The third-order valence-corrected chi connectivity index (χ3v) is 7.90. The normalized spacial score (nSPS) is 15.8. The van der Waals surface area contributed by atoms with Gasteiger partial charge in [0.05, 0.1) is 23.7 Å². The predicted octanol–water partition coefficient (Wildman–Crippen LogP) is 3.85. The van der Waals surface area contributed by atoms with Crippen LogP contribution in [0.1, 0.15) is 11.9 Å². The van der Waals surface area contributed by atoms with Crippen molar-refractivity contribution in [1.82, 2.24) is 14.2 Å². The zero-order valence-electron chi connectivity index (χ0n) is 17.2. The van der Waals surface area contributed by atoms with Crippen LogP contribution in [0.15, 0.2) is 58.8 Å². The van der Waals surface area contributed by atoms with Gasteiger partial charge in [-0.3, -0.25) is 4.90 Å². The maximum Gasteiger partial charge on any atom is 0.243 e. The van der Waals surface area contributed by atoms with Gasteiger partial charge in [0.2, 0.25) is 10.0 Å². The van der Waals surface area contributed by atoms with Crippen molar-refractivity contribution >= 4 is 21.4 Å². The van der Waals surface area contributed by atoms with E-state index >= 15 is 0 Å². The molecule has 31 heavy (non-hydrogen) atoms. The van der Waals surface area contributed by atoms with Crippen LogP contribution in [0.3, 0.4) is 0 Å². The number of sulfonamides is 1. The van der Waals surface area contributed by atoms with Crippen molar-refractivity contribution in [3.63, 3.8) is 0 Å². The molecule has 0 unspecified atom stereocenters. The highest BCUT2D eigenvalue weighted by Crippen LogP contribution is 2.24. The van der Waals surface area contributed by atoms with E-state index in [9.17, 15) is 12.8 Å². The van der Waals surface area contributed by atoms with Gasteiger partial charge in [-0.05, 0) is 55.5 Å². The number of hydrogen-bond donors (Lipinski definition) is 0. The van der Waals surface area contributed by atoms with Crippen molar-refractivity contribution in [2.45, 2.75) is 18.4 Å². The maximum absolute atomic E-state index is 13.1. The second-order valence-corrected chi connectivity index (χ2v) is 10.1. The molecule has 0 bridgehead atoms. The molecule has 1 aromatic heterocycles. The smallest absolute Gasteiger partial charge is 0.243 e. The molecule has 1 fully saturated rings. The zero-order chi connectivity index (χ0) is 21.8. The standard InChI is InChI=1S/C22H24FN3O3S2/c1-2-29-19-7-9-20(10-8-19)31(27,28)26-13-11-25(12-14-26)15-22-24-21(16-30-22)17-3-5-18(23)6-4-17/h3-10,16H,2,11-15H2,1H3. The van der Waals surface area contributed by atoms with Crippen LogP contribution in [0.5, 0.6) is 5.75 Å². The van der Waals surface area contributed by atoms with Crippen molar-refractivity contribution in [3.8, 4) is 17.0 Å². The highest BCUT2D eigenvalue weighted by atomic mass is 32.2. The number of hydrogen-bond acceptors (Lipinski definition) is 6. The summed E-state index contributed by atoms with van der Waals surface area (Å²) in [7, 11) is -3.52. The molecule has 9 heteroatoms.